The summed E-state index contributed by atoms with van der Waals surface area (Å²) in [5.41, 5.74) is 1.28. The zero-order chi connectivity index (χ0) is 7.40. The summed E-state index contributed by atoms with van der Waals surface area (Å²) in [6.07, 6.45) is 9.14. The molecule has 0 saturated carbocycles. The zero-order valence-corrected chi connectivity index (χ0v) is 6.42. The van der Waals surface area contributed by atoms with Gasteiger partial charge in [-0.15, -0.1) is 0 Å². The number of rotatable bonds is 1. The van der Waals surface area contributed by atoms with Crippen LogP contribution in [0.25, 0.3) is 0 Å². The number of allylic oxidation sites excluding steroid dienone is 5. The summed E-state index contributed by atoms with van der Waals surface area (Å²) in [4.78, 5) is 0. The smallest absolute Gasteiger partial charge is 0.118 e. The van der Waals surface area contributed by atoms with Crippen LogP contribution >= 0.6 is 0 Å². The molecule has 0 atom stereocenters. The molecule has 0 fully saturated rings. The molecule has 0 spiro atoms. The first-order chi connectivity index (χ1) is 4.84. The quantitative estimate of drug-likeness (QED) is 0.538. The highest BCUT2D eigenvalue weighted by Gasteiger charge is 1.97. The Morgan fingerprint density at radius 1 is 1.40 bits per heavy atom. The number of hydrogen-bond donors (Lipinski definition) is 0. The van der Waals surface area contributed by atoms with Gasteiger partial charge in [0.25, 0.3) is 0 Å². The highest BCUT2D eigenvalue weighted by Crippen LogP contribution is 2.13. The molecule has 0 aliphatic heterocycles. The van der Waals surface area contributed by atoms with E-state index in [4.69, 9.17) is 4.74 Å². The van der Waals surface area contributed by atoms with Crippen molar-refractivity contribution in [3.63, 3.8) is 0 Å². The maximum Gasteiger partial charge on any atom is 0.118 e. The van der Waals surface area contributed by atoms with Gasteiger partial charge in [0.05, 0.1) is 7.11 Å². The minimum atomic E-state index is 0.991. The fraction of sp³-hybridized carbons (Fsp3) is 0.333. The van der Waals surface area contributed by atoms with Crippen LogP contribution in [0.1, 0.15) is 13.3 Å². The highest BCUT2D eigenvalue weighted by molar-refractivity contribution is 5.27. The summed E-state index contributed by atoms with van der Waals surface area (Å²) in [6.45, 7) is 2.08. The Hall–Kier alpha value is -0.980. The first-order valence-corrected chi connectivity index (χ1v) is 3.41. The molecule has 1 aliphatic rings. The lowest BCUT2D eigenvalue weighted by atomic mass is 10.2. The fourth-order valence-corrected chi connectivity index (χ4v) is 0.951. The van der Waals surface area contributed by atoms with Gasteiger partial charge in [-0.25, -0.2) is 0 Å². The molecule has 0 N–H and O–H groups in total. The average Bonchev–Trinajstić information content (AvgIpc) is 2.13. The monoisotopic (exact) mass is 136 g/mol. The minimum absolute atomic E-state index is 0.991. The Bertz CT molecular complexity index is 197. The first kappa shape index (κ1) is 7.13. The summed E-state index contributed by atoms with van der Waals surface area (Å²) in [5.74, 6) is 0.991. The molecule has 0 saturated heterocycles. The molecule has 10 heavy (non-hydrogen) atoms. The minimum Gasteiger partial charge on any atom is -0.497 e. The maximum atomic E-state index is 5.14. The summed E-state index contributed by atoms with van der Waals surface area (Å²) in [7, 11) is 1.70. The molecule has 1 rings (SSSR count). The molecule has 0 amide bonds. The van der Waals surface area contributed by atoms with Crippen molar-refractivity contribution in [1.29, 1.82) is 0 Å². The molecule has 54 valence electrons. The van der Waals surface area contributed by atoms with Crippen molar-refractivity contribution in [1.82, 2.24) is 0 Å². The lowest BCUT2D eigenvalue weighted by molar-refractivity contribution is 0.302. The van der Waals surface area contributed by atoms with Crippen molar-refractivity contribution >= 4 is 0 Å². The molecule has 0 aromatic carbocycles. The molecular weight excluding hydrogens is 124 g/mol. The predicted molar refractivity (Wildman–Crippen MR) is 42.6 cm³/mol. The van der Waals surface area contributed by atoms with Crippen molar-refractivity contribution in [3.8, 4) is 0 Å². The zero-order valence-electron chi connectivity index (χ0n) is 6.42. The predicted octanol–water partition coefficient (Wildman–Crippen LogP) is 2.42. The van der Waals surface area contributed by atoms with Crippen LogP contribution in [0.3, 0.4) is 0 Å². The molecule has 0 unspecified atom stereocenters. The van der Waals surface area contributed by atoms with Gasteiger partial charge in [0, 0.05) is 0 Å². The molecule has 0 aromatic rings. The summed E-state index contributed by atoms with van der Waals surface area (Å²) < 4.78 is 5.14. The van der Waals surface area contributed by atoms with Crippen molar-refractivity contribution < 1.29 is 4.74 Å². The molecule has 1 heteroatoms. The lowest BCUT2D eigenvalue weighted by Crippen LogP contribution is -1.85. The highest BCUT2D eigenvalue weighted by atomic mass is 16.5. The van der Waals surface area contributed by atoms with E-state index < -0.39 is 0 Å². The normalized spacial score (nSPS) is 17.4. The van der Waals surface area contributed by atoms with Crippen LogP contribution in [-0.2, 0) is 4.74 Å². The van der Waals surface area contributed by atoms with Crippen molar-refractivity contribution in [2.24, 2.45) is 0 Å². The molecule has 0 aromatic heterocycles. The molecule has 0 radical (unpaired) electrons. The lowest BCUT2D eigenvalue weighted by Gasteiger charge is -2.02. The second-order valence-electron chi connectivity index (χ2n) is 2.34. The van der Waals surface area contributed by atoms with E-state index in [-0.39, 0.29) is 0 Å². The van der Waals surface area contributed by atoms with Crippen LogP contribution in [0.5, 0.6) is 0 Å². The third-order valence-electron chi connectivity index (χ3n) is 1.56. The van der Waals surface area contributed by atoms with Gasteiger partial charge in [0.15, 0.2) is 0 Å². The Kier molecular flexibility index (Phi) is 2.32. The Labute approximate surface area is 61.7 Å². The van der Waals surface area contributed by atoms with Crippen LogP contribution in [0.4, 0.5) is 0 Å². The fourth-order valence-electron chi connectivity index (χ4n) is 0.951. The molecule has 0 bridgehead atoms. The van der Waals surface area contributed by atoms with E-state index in [9.17, 15) is 0 Å². The largest absolute Gasteiger partial charge is 0.497 e. The van der Waals surface area contributed by atoms with Gasteiger partial charge in [-0.1, -0.05) is 18.2 Å². The van der Waals surface area contributed by atoms with Gasteiger partial charge in [-0.05, 0) is 25.0 Å². The standard InChI is InChI=1S/C9H12O/c1-8-6-4-3-5-7-9(8)10-2/h3-5,7H,6H2,1-2H3. The number of ether oxygens (including phenoxy) is 1. The van der Waals surface area contributed by atoms with E-state index in [0.717, 1.165) is 12.2 Å². The van der Waals surface area contributed by atoms with E-state index >= 15 is 0 Å². The van der Waals surface area contributed by atoms with Crippen LogP contribution in [0, 0.1) is 0 Å². The molecular formula is C9H12O. The third kappa shape index (κ3) is 1.50. The van der Waals surface area contributed by atoms with Gasteiger partial charge >= 0.3 is 0 Å². The Balaban J connectivity index is 2.82. The van der Waals surface area contributed by atoms with E-state index in [1.807, 2.05) is 18.2 Å². The summed E-state index contributed by atoms with van der Waals surface area (Å²) >= 11 is 0. The molecule has 1 aliphatic carbocycles. The topological polar surface area (TPSA) is 9.23 Å². The van der Waals surface area contributed by atoms with Crippen LogP contribution in [-0.4, -0.2) is 7.11 Å². The van der Waals surface area contributed by atoms with Gasteiger partial charge in [-0.2, -0.15) is 0 Å². The van der Waals surface area contributed by atoms with Gasteiger partial charge < -0.3 is 4.74 Å². The van der Waals surface area contributed by atoms with E-state index in [1.54, 1.807) is 7.11 Å². The summed E-state index contributed by atoms with van der Waals surface area (Å²) in [5, 5.41) is 0. The SMILES string of the molecule is COC1=C(C)CC=CC=C1. The van der Waals surface area contributed by atoms with Gasteiger partial charge in [-0.3, -0.25) is 0 Å². The average molecular weight is 136 g/mol. The van der Waals surface area contributed by atoms with Crippen LogP contribution < -0.4 is 0 Å². The van der Waals surface area contributed by atoms with Crippen molar-refractivity contribution in [3.05, 3.63) is 35.6 Å². The molecule has 0 heterocycles. The first-order valence-electron chi connectivity index (χ1n) is 3.41. The maximum absolute atomic E-state index is 5.14. The second-order valence-corrected chi connectivity index (χ2v) is 2.34. The van der Waals surface area contributed by atoms with Crippen molar-refractivity contribution in [2.45, 2.75) is 13.3 Å². The Morgan fingerprint density at radius 2 is 2.20 bits per heavy atom. The van der Waals surface area contributed by atoms with Crippen LogP contribution in [0.2, 0.25) is 0 Å². The summed E-state index contributed by atoms with van der Waals surface area (Å²) in [6, 6.07) is 0. The van der Waals surface area contributed by atoms with E-state index in [0.29, 0.717) is 0 Å². The number of hydrogen-bond acceptors (Lipinski definition) is 1. The van der Waals surface area contributed by atoms with Gasteiger partial charge in [0.2, 0.25) is 0 Å². The van der Waals surface area contributed by atoms with Crippen LogP contribution in [0.15, 0.2) is 35.6 Å². The second kappa shape index (κ2) is 3.25. The third-order valence-corrected chi connectivity index (χ3v) is 1.56. The van der Waals surface area contributed by atoms with Crippen molar-refractivity contribution in [2.75, 3.05) is 7.11 Å². The Morgan fingerprint density at radius 3 is 2.90 bits per heavy atom. The van der Waals surface area contributed by atoms with E-state index in [1.165, 1.54) is 5.57 Å². The number of methoxy groups -OCH3 is 1. The van der Waals surface area contributed by atoms with E-state index in [2.05, 4.69) is 13.0 Å². The molecule has 1 nitrogen and oxygen atoms in total. The van der Waals surface area contributed by atoms with Gasteiger partial charge in [0.1, 0.15) is 5.76 Å².